The minimum atomic E-state index is -0.511. The lowest BCUT2D eigenvalue weighted by molar-refractivity contribution is -0.128. The van der Waals surface area contributed by atoms with E-state index in [0.29, 0.717) is 19.6 Å². The molecule has 0 aliphatic carbocycles. The Morgan fingerprint density at radius 1 is 1.69 bits per heavy atom. The van der Waals surface area contributed by atoms with E-state index in [4.69, 9.17) is 4.74 Å². The van der Waals surface area contributed by atoms with Crippen molar-refractivity contribution in [2.75, 3.05) is 13.2 Å². The third-order valence-corrected chi connectivity index (χ3v) is 3.68. The van der Waals surface area contributed by atoms with Crippen molar-refractivity contribution >= 4 is 23.3 Å². The number of hydrogen-bond acceptors (Lipinski definition) is 4. The Morgan fingerprint density at radius 3 is 3.06 bits per heavy atom. The SMILES string of the molecule is C[C@@H](CC(=O)N1CCOC1=O)c1cccs1. The van der Waals surface area contributed by atoms with Crippen LogP contribution < -0.4 is 0 Å². The first-order valence-corrected chi connectivity index (χ1v) is 6.07. The number of ether oxygens (including phenoxy) is 1. The standard InChI is InChI=1S/C11H13NO3S/c1-8(9-3-2-6-16-9)7-10(13)12-4-5-15-11(12)14/h2-3,6,8H,4-5,7H2,1H3/t8-/m0/s1. The van der Waals surface area contributed by atoms with Crippen LogP contribution in [-0.2, 0) is 9.53 Å². The van der Waals surface area contributed by atoms with E-state index in [2.05, 4.69) is 0 Å². The van der Waals surface area contributed by atoms with E-state index in [9.17, 15) is 9.59 Å². The molecule has 0 radical (unpaired) electrons. The Bertz CT molecular complexity index is 388. The van der Waals surface area contributed by atoms with Crippen LogP contribution in [0.25, 0.3) is 0 Å². The lowest BCUT2D eigenvalue weighted by Gasteiger charge is -2.13. The van der Waals surface area contributed by atoms with Gasteiger partial charge in [0.1, 0.15) is 6.61 Å². The summed E-state index contributed by atoms with van der Waals surface area (Å²) in [6, 6.07) is 3.97. The molecule has 2 heterocycles. The van der Waals surface area contributed by atoms with E-state index in [1.807, 2.05) is 24.4 Å². The Balaban J connectivity index is 1.94. The summed E-state index contributed by atoms with van der Waals surface area (Å²) in [6.45, 7) is 2.69. The Labute approximate surface area is 97.8 Å². The fraction of sp³-hybridized carbons (Fsp3) is 0.455. The number of hydrogen-bond donors (Lipinski definition) is 0. The van der Waals surface area contributed by atoms with Crippen molar-refractivity contribution in [2.24, 2.45) is 0 Å². The van der Waals surface area contributed by atoms with Crippen LogP contribution in [0.1, 0.15) is 24.1 Å². The average molecular weight is 239 g/mol. The highest BCUT2D eigenvalue weighted by Crippen LogP contribution is 2.24. The third-order valence-electron chi connectivity index (χ3n) is 2.57. The molecule has 1 aromatic rings. The quantitative estimate of drug-likeness (QED) is 0.812. The molecule has 1 aliphatic rings. The fourth-order valence-electron chi connectivity index (χ4n) is 1.66. The lowest BCUT2D eigenvalue weighted by Crippen LogP contribution is -2.32. The number of imide groups is 1. The highest BCUT2D eigenvalue weighted by Gasteiger charge is 2.29. The van der Waals surface area contributed by atoms with Gasteiger partial charge >= 0.3 is 6.09 Å². The van der Waals surface area contributed by atoms with Gasteiger partial charge in [-0.3, -0.25) is 4.79 Å². The molecule has 0 saturated carbocycles. The van der Waals surface area contributed by atoms with E-state index >= 15 is 0 Å². The Kier molecular flexibility index (Phi) is 3.24. The smallest absolute Gasteiger partial charge is 0.416 e. The zero-order valence-electron chi connectivity index (χ0n) is 9.01. The zero-order chi connectivity index (χ0) is 11.5. The van der Waals surface area contributed by atoms with E-state index < -0.39 is 6.09 Å². The van der Waals surface area contributed by atoms with Crippen LogP contribution in [0.2, 0.25) is 0 Å². The van der Waals surface area contributed by atoms with Crippen molar-refractivity contribution in [1.29, 1.82) is 0 Å². The molecule has 1 atom stereocenters. The Hall–Kier alpha value is -1.36. The molecule has 1 aliphatic heterocycles. The predicted molar refractivity (Wildman–Crippen MR) is 60.4 cm³/mol. The van der Waals surface area contributed by atoms with E-state index in [1.165, 1.54) is 9.78 Å². The molecule has 0 spiro atoms. The van der Waals surface area contributed by atoms with Gasteiger partial charge in [-0.15, -0.1) is 11.3 Å². The molecule has 0 bridgehead atoms. The molecule has 1 saturated heterocycles. The van der Waals surface area contributed by atoms with Gasteiger partial charge in [0.2, 0.25) is 5.91 Å². The van der Waals surface area contributed by atoms with Crippen LogP contribution in [0.5, 0.6) is 0 Å². The molecule has 1 fully saturated rings. The summed E-state index contributed by atoms with van der Waals surface area (Å²) < 4.78 is 4.73. The first kappa shape index (κ1) is 11.1. The third kappa shape index (κ3) is 2.24. The molecular weight excluding hydrogens is 226 g/mol. The maximum atomic E-state index is 11.8. The molecule has 1 aromatic heterocycles. The van der Waals surface area contributed by atoms with E-state index in [-0.39, 0.29) is 11.8 Å². The maximum Gasteiger partial charge on any atom is 0.416 e. The largest absolute Gasteiger partial charge is 0.447 e. The fourth-order valence-corrected chi connectivity index (χ4v) is 2.45. The summed E-state index contributed by atoms with van der Waals surface area (Å²) in [5.41, 5.74) is 0. The molecule has 4 nitrogen and oxygen atoms in total. The molecule has 16 heavy (non-hydrogen) atoms. The van der Waals surface area contributed by atoms with Gasteiger partial charge in [0.25, 0.3) is 0 Å². The van der Waals surface area contributed by atoms with Crippen LogP contribution in [0.3, 0.4) is 0 Å². The average Bonchev–Trinajstić information content (AvgIpc) is 2.86. The molecule has 0 aromatic carbocycles. The summed E-state index contributed by atoms with van der Waals surface area (Å²) in [7, 11) is 0. The van der Waals surface area contributed by atoms with Gasteiger partial charge in [-0.05, 0) is 17.4 Å². The van der Waals surface area contributed by atoms with Gasteiger partial charge in [0, 0.05) is 11.3 Å². The normalized spacial score (nSPS) is 17.3. The van der Waals surface area contributed by atoms with Crippen LogP contribution in [0.4, 0.5) is 4.79 Å². The first-order chi connectivity index (χ1) is 7.68. The van der Waals surface area contributed by atoms with Gasteiger partial charge < -0.3 is 4.74 Å². The second kappa shape index (κ2) is 4.65. The maximum absolute atomic E-state index is 11.8. The van der Waals surface area contributed by atoms with Crippen molar-refractivity contribution < 1.29 is 14.3 Å². The van der Waals surface area contributed by atoms with Gasteiger partial charge in [-0.25, -0.2) is 9.69 Å². The number of carbonyl (C=O) groups excluding carboxylic acids is 2. The van der Waals surface area contributed by atoms with Crippen LogP contribution in [0, 0.1) is 0 Å². The number of amides is 2. The number of thiophene rings is 1. The second-order valence-corrected chi connectivity index (χ2v) is 4.76. The highest BCUT2D eigenvalue weighted by molar-refractivity contribution is 7.10. The first-order valence-electron chi connectivity index (χ1n) is 5.19. The van der Waals surface area contributed by atoms with Crippen molar-refractivity contribution in [3.05, 3.63) is 22.4 Å². The Morgan fingerprint density at radius 2 is 2.50 bits per heavy atom. The summed E-state index contributed by atoms with van der Waals surface area (Å²) in [5, 5.41) is 1.99. The van der Waals surface area contributed by atoms with Gasteiger partial charge in [0.15, 0.2) is 0 Å². The lowest BCUT2D eigenvalue weighted by atomic mass is 10.1. The van der Waals surface area contributed by atoms with Crippen molar-refractivity contribution in [3.63, 3.8) is 0 Å². The second-order valence-electron chi connectivity index (χ2n) is 3.78. The van der Waals surface area contributed by atoms with E-state index in [1.54, 1.807) is 11.3 Å². The van der Waals surface area contributed by atoms with Crippen molar-refractivity contribution in [2.45, 2.75) is 19.3 Å². The predicted octanol–water partition coefficient (Wildman–Crippen LogP) is 2.22. The summed E-state index contributed by atoms with van der Waals surface area (Å²) >= 11 is 1.63. The molecule has 2 amide bonds. The number of carbonyl (C=O) groups is 2. The summed E-state index contributed by atoms with van der Waals surface area (Å²) in [4.78, 5) is 25.3. The van der Waals surface area contributed by atoms with Crippen LogP contribution in [-0.4, -0.2) is 30.1 Å². The topological polar surface area (TPSA) is 46.6 Å². The highest BCUT2D eigenvalue weighted by atomic mass is 32.1. The molecule has 0 N–H and O–H groups in total. The monoisotopic (exact) mass is 239 g/mol. The summed E-state index contributed by atoms with van der Waals surface area (Å²) in [5.74, 6) is 0.00398. The van der Waals surface area contributed by atoms with Crippen LogP contribution >= 0.6 is 11.3 Å². The molecule has 86 valence electrons. The summed E-state index contributed by atoms with van der Waals surface area (Å²) in [6.07, 6.45) is -0.154. The van der Waals surface area contributed by atoms with Crippen molar-refractivity contribution in [3.8, 4) is 0 Å². The minimum Gasteiger partial charge on any atom is -0.447 e. The van der Waals surface area contributed by atoms with Gasteiger partial charge in [-0.1, -0.05) is 13.0 Å². The number of cyclic esters (lactones) is 1. The molecular formula is C11H13NO3S. The number of rotatable bonds is 3. The van der Waals surface area contributed by atoms with Crippen molar-refractivity contribution in [1.82, 2.24) is 4.90 Å². The molecule has 2 rings (SSSR count). The van der Waals surface area contributed by atoms with Crippen LogP contribution in [0.15, 0.2) is 17.5 Å². The van der Waals surface area contributed by atoms with E-state index in [0.717, 1.165) is 0 Å². The molecule has 5 heteroatoms. The van der Waals surface area contributed by atoms with Gasteiger partial charge in [-0.2, -0.15) is 0 Å². The zero-order valence-corrected chi connectivity index (χ0v) is 9.83. The van der Waals surface area contributed by atoms with Gasteiger partial charge in [0.05, 0.1) is 6.54 Å². The minimum absolute atomic E-state index is 0.150. The molecule has 0 unspecified atom stereocenters. The number of nitrogens with zero attached hydrogens (tertiary/aromatic N) is 1.